The van der Waals surface area contributed by atoms with Crippen molar-refractivity contribution in [1.82, 2.24) is 9.47 Å². The van der Waals surface area contributed by atoms with Gasteiger partial charge < -0.3 is 9.47 Å². The van der Waals surface area contributed by atoms with Crippen LogP contribution in [0.5, 0.6) is 0 Å². The van der Waals surface area contributed by atoms with Gasteiger partial charge in [-0.05, 0) is 54.7 Å². The van der Waals surface area contributed by atoms with Crippen LogP contribution >= 0.6 is 23.2 Å². The number of aryl methyl sites for hydroxylation is 1. The third kappa shape index (κ3) is 4.73. The van der Waals surface area contributed by atoms with Crippen molar-refractivity contribution in [2.45, 2.75) is 38.6 Å². The molecule has 1 aliphatic heterocycles. The lowest BCUT2D eigenvalue weighted by atomic mass is 9.88. The maximum Gasteiger partial charge on any atom is 0.223 e. The molecule has 0 saturated carbocycles. The van der Waals surface area contributed by atoms with Crippen LogP contribution in [-0.4, -0.2) is 28.5 Å². The molecule has 3 aromatic carbocycles. The number of hydrogen-bond donors (Lipinski definition) is 0. The van der Waals surface area contributed by atoms with E-state index in [-0.39, 0.29) is 11.8 Å². The molecular formula is C29H28Cl2N2O. The molecule has 1 aromatic heterocycles. The van der Waals surface area contributed by atoms with Gasteiger partial charge in [0.1, 0.15) is 0 Å². The largest absolute Gasteiger partial charge is 0.343 e. The summed E-state index contributed by atoms with van der Waals surface area (Å²) in [7, 11) is 0. The van der Waals surface area contributed by atoms with Gasteiger partial charge in [0.2, 0.25) is 5.91 Å². The molecule has 1 atom stereocenters. The molecule has 1 saturated heterocycles. The fraction of sp³-hybridized carbons (Fsp3) is 0.276. The number of fused-ring (bicyclic) bond motifs is 1. The number of hydrogen-bond acceptors (Lipinski definition) is 1. The lowest BCUT2D eigenvalue weighted by molar-refractivity contribution is -0.130. The Morgan fingerprint density at radius 3 is 2.41 bits per heavy atom. The minimum atomic E-state index is -0.105. The number of likely N-dealkylation sites (tertiary alicyclic amines) is 1. The first-order valence-corrected chi connectivity index (χ1v) is 12.6. The van der Waals surface area contributed by atoms with Crippen LogP contribution in [0.25, 0.3) is 10.9 Å². The standard InChI is InChI=1S/C29H28Cl2N2O/c1-20-8-10-21(11-9-20)18-33-19-25(23-6-2-3-7-28(23)33)24(17-29(34)32-14-4-5-15-32)22-12-13-26(30)27(31)16-22/h2-3,6-13,16,19,24H,4-5,14-15,17-18H2,1H3. The predicted molar refractivity (Wildman–Crippen MR) is 141 cm³/mol. The van der Waals surface area contributed by atoms with Crippen molar-refractivity contribution >= 4 is 40.0 Å². The summed E-state index contributed by atoms with van der Waals surface area (Å²) in [5, 5.41) is 2.21. The average molecular weight is 491 g/mol. The molecule has 174 valence electrons. The normalized spacial score (nSPS) is 14.6. The second-order valence-electron chi connectivity index (χ2n) is 9.23. The summed E-state index contributed by atoms with van der Waals surface area (Å²) < 4.78 is 2.29. The van der Waals surface area contributed by atoms with Crippen molar-refractivity contribution in [2.24, 2.45) is 0 Å². The Hall–Kier alpha value is -2.75. The van der Waals surface area contributed by atoms with Crippen LogP contribution in [0, 0.1) is 6.92 Å². The molecule has 34 heavy (non-hydrogen) atoms. The number of para-hydroxylation sites is 1. The van der Waals surface area contributed by atoms with Crippen molar-refractivity contribution in [2.75, 3.05) is 13.1 Å². The second-order valence-corrected chi connectivity index (χ2v) is 10.0. The van der Waals surface area contributed by atoms with Gasteiger partial charge >= 0.3 is 0 Å². The summed E-state index contributed by atoms with van der Waals surface area (Å²) in [6, 6.07) is 22.8. The molecule has 0 bridgehead atoms. The number of amides is 1. The SMILES string of the molecule is Cc1ccc(Cn2cc(C(CC(=O)N3CCCC3)c3ccc(Cl)c(Cl)c3)c3ccccc32)cc1. The fourth-order valence-electron chi connectivity index (χ4n) is 4.98. The Balaban J connectivity index is 1.58. The van der Waals surface area contributed by atoms with Crippen molar-refractivity contribution in [3.63, 3.8) is 0 Å². The Morgan fingerprint density at radius 1 is 0.941 bits per heavy atom. The van der Waals surface area contributed by atoms with Crippen LogP contribution in [0.1, 0.15) is 47.4 Å². The van der Waals surface area contributed by atoms with E-state index < -0.39 is 0 Å². The molecule has 3 nitrogen and oxygen atoms in total. The number of halogens is 2. The molecule has 0 N–H and O–H groups in total. The average Bonchev–Trinajstić information content (AvgIpc) is 3.50. The first-order valence-electron chi connectivity index (χ1n) is 11.9. The van der Waals surface area contributed by atoms with Gasteiger partial charge in [-0.3, -0.25) is 4.79 Å². The first kappa shape index (κ1) is 23.0. The number of carbonyl (C=O) groups excluding carboxylic acids is 1. The molecule has 1 amide bonds. The van der Waals surface area contributed by atoms with Gasteiger partial charge in [-0.15, -0.1) is 0 Å². The molecule has 0 spiro atoms. The van der Waals surface area contributed by atoms with E-state index in [1.807, 2.05) is 23.1 Å². The third-order valence-corrected chi connectivity index (χ3v) is 7.59. The van der Waals surface area contributed by atoms with E-state index in [0.717, 1.165) is 49.1 Å². The number of benzene rings is 3. The highest BCUT2D eigenvalue weighted by Gasteiger charge is 2.27. The zero-order valence-corrected chi connectivity index (χ0v) is 20.8. The maximum atomic E-state index is 13.3. The van der Waals surface area contributed by atoms with Crippen molar-refractivity contribution < 1.29 is 4.79 Å². The van der Waals surface area contributed by atoms with Crippen LogP contribution < -0.4 is 0 Å². The Bertz CT molecular complexity index is 1320. The van der Waals surface area contributed by atoms with E-state index >= 15 is 0 Å². The van der Waals surface area contributed by atoms with E-state index in [4.69, 9.17) is 23.2 Å². The summed E-state index contributed by atoms with van der Waals surface area (Å²) in [6.07, 6.45) is 4.80. The van der Waals surface area contributed by atoms with Gasteiger partial charge in [0, 0.05) is 49.1 Å². The number of carbonyl (C=O) groups is 1. The lowest BCUT2D eigenvalue weighted by Gasteiger charge is -2.22. The van der Waals surface area contributed by atoms with Crippen LogP contribution in [0.2, 0.25) is 10.0 Å². The van der Waals surface area contributed by atoms with Gasteiger partial charge in [-0.25, -0.2) is 0 Å². The van der Waals surface area contributed by atoms with Crippen LogP contribution in [0.3, 0.4) is 0 Å². The van der Waals surface area contributed by atoms with Gasteiger partial charge in [0.25, 0.3) is 0 Å². The van der Waals surface area contributed by atoms with Crippen molar-refractivity contribution in [3.8, 4) is 0 Å². The molecule has 4 aromatic rings. The molecule has 5 heteroatoms. The van der Waals surface area contributed by atoms with Crippen molar-refractivity contribution in [1.29, 1.82) is 0 Å². The summed E-state index contributed by atoms with van der Waals surface area (Å²) in [4.78, 5) is 15.3. The number of nitrogens with zero attached hydrogens (tertiary/aromatic N) is 2. The van der Waals surface area contributed by atoms with Gasteiger partial charge in [0.05, 0.1) is 10.0 Å². The van der Waals surface area contributed by atoms with E-state index in [1.54, 1.807) is 0 Å². The van der Waals surface area contributed by atoms with Crippen LogP contribution in [0.4, 0.5) is 0 Å². The number of aromatic nitrogens is 1. The molecule has 0 aliphatic carbocycles. The fourth-order valence-corrected chi connectivity index (χ4v) is 5.29. The van der Waals surface area contributed by atoms with Crippen molar-refractivity contribution in [3.05, 3.63) is 105 Å². The van der Waals surface area contributed by atoms with Gasteiger partial charge in [-0.1, -0.05) is 77.3 Å². The summed E-state index contributed by atoms with van der Waals surface area (Å²) in [5.74, 6) is 0.0935. The second kappa shape index (κ2) is 9.85. The number of rotatable bonds is 6. The molecule has 1 aliphatic rings. The van der Waals surface area contributed by atoms with E-state index in [9.17, 15) is 4.79 Å². The summed E-state index contributed by atoms with van der Waals surface area (Å²) >= 11 is 12.7. The van der Waals surface area contributed by atoms with Crippen LogP contribution in [-0.2, 0) is 11.3 Å². The molecule has 1 unspecified atom stereocenters. The Morgan fingerprint density at radius 2 is 1.68 bits per heavy atom. The summed E-state index contributed by atoms with van der Waals surface area (Å²) in [6.45, 7) is 4.57. The lowest BCUT2D eigenvalue weighted by Crippen LogP contribution is -2.29. The Kier molecular flexibility index (Phi) is 6.67. The zero-order chi connectivity index (χ0) is 23.7. The zero-order valence-electron chi connectivity index (χ0n) is 19.3. The highest BCUT2D eigenvalue weighted by molar-refractivity contribution is 6.42. The topological polar surface area (TPSA) is 25.2 Å². The highest BCUT2D eigenvalue weighted by Crippen LogP contribution is 2.38. The van der Waals surface area contributed by atoms with E-state index in [1.165, 1.54) is 16.5 Å². The summed E-state index contributed by atoms with van der Waals surface area (Å²) in [5.41, 5.74) is 5.82. The minimum absolute atomic E-state index is 0.105. The quantitative estimate of drug-likeness (QED) is 0.275. The Labute approximate surface area is 210 Å². The molecule has 5 rings (SSSR count). The third-order valence-electron chi connectivity index (χ3n) is 6.85. The monoisotopic (exact) mass is 490 g/mol. The van der Waals surface area contributed by atoms with Gasteiger partial charge in [0.15, 0.2) is 0 Å². The molecule has 0 radical (unpaired) electrons. The minimum Gasteiger partial charge on any atom is -0.343 e. The molecule has 2 heterocycles. The molecule has 1 fully saturated rings. The smallest absolute Gasteiger partial charge is 0.223 e. The van der Waals surface area contributed by atoms with E-state index in [2.05, 4.69) is 66.2 Å². The first-order chi connectivity index (χ1) is 16.5. The van der Waals surface area contributed by atoms with E-state index in [0.29, 0.717) is 16.5 Å². The van der Waals surface area contributed by atoms with Crippen LogP contribution in [0.15, 0.2) is 72.9 Å². The molecular weight excluding hydrogens is 463 g/mol. The predicted octanol–water partition coefficient (Wildman–Crippen LogP) is 7.45. The highest BCUT2D eigenvalue weighted by atomic mass is 35.5. The van der Waals surface area contributed by atoms with Gasteiger partial charge in [-0.2, -0.15) is 0 Å². The maximum absolute atomic E-state index is 13.3.